The maximum atomic E-state index is 12.3. The quantitative estimate of drug-likeness (QED) is 0.109. The van der Waals surface area contributed by atoms with Gasteiger partial charge in [-0.1, -0.05) is 66.2 Å². The van der Waals surface area contributed by atoms with Gasteiger partial charge in [0.2, 0.25) is 5.52 Å². The zero-order valence-corrected chi connectivity index (χ0v) is 24.3. The highest BCUT2D eigenvalue weighted by molar-refractivity contribution is 6.58. The number of aromatic nitrogens is 1. The second-order valence-corrected chi connectivity index (χ2v) is 12.5. The predicted octanol–water partition coefficient (Wildman–Crippen LogP) is 3.30. The molecule has 4 heterocycles. The molecule has 0 radical (unpaired) electrons. The molecule has 3 aromatic carbocycles. The Bertz CT molecular complexity index is 1570. The van der Waals surface area contributed by atoms with E-state index in [2.05, 4.69) is 54.5 Å². The molecular weight excluding hydrogens is 523 g/mol. The van der Waals surface area contributed by atoms with Crippen LogP contribution in [-0.4, -0.2) is 51.0 Å². The van der Waals surface area contributed by atoms with E-state index in [0.29, 0.717) is 23.8 Å². The largest absolute Gasteiger partial charge is 0.488 e. The van der Waals surface area contributed by atoms with E-state index >= 15 is 0 Å². The third-order valence-corrected chi connectivity index (χ3v) is 9.91. The van der Waals surface area contributed by atoms with Crippen LogP contribution >= 0.6 is 0 Å². The number of aliphatic hydroxyl groups excluding tert-OH is 2. The van der Waals surface area contributed by atoms with E-state index in [1.165, 1.54) is 11.1 Å². The highest BCUT2D eigenvalue weighted by Gasteiger charge is 2.54. The van der Waals surface area contributed by atoms with Gasteiger partial charge in [0.15, 0.2) is 12.7 Å². The first-order valence-corrected chi connectivity index (χ1v) is 15.0. The number of aliphatic hydroxyl groups is 2. The van der Waals surface area contributed by atoms with Crippen molar-refractivity contribution in [1.29, 1.82) is 0 Å². The molecule has 216 valence electrons. The van der Waals surface area contributed by atoms with Crippen molar-refractivity contribution in [3.63, 3.8) is 0 Å². The lowest BCUT2D eigenvalue weighted by atomic mass is 9.71. The average molecular weight is 565 g/mol. The summed E-state index contributed by atoms with van der Waals surface area (Å²) < 4.78 is 3.00. The summed E-state index contributed by atoms with van der Waals surface area (Å²) >= 11 is 0. The Morgan fingerprint density at radius 3 is 2.40 bits per heavy atom. The summed E-state index contributed by atoms with van der Waals surface area (Å²) in [6.45, 7) is 9.77. The smallest absolute Gasteiger partial charge is 0.423 e. The van der Waals surface area contributed by atoms with E-state index in [1.807, 2.05) is 36.5 Å². The fourth-order valence-electron chi connectivity index (χ4n) is 7.53. The van der Waals surface area contributed by atoms with Gasteiger partial charge in [-0.3, -0.25) is 0 Å². The molecular formula is C35H41BN2O4+2. The molecule has 7 heteroatoms. The summed E-state index contributed by atoms with van der Waals surface area (Å²) in [5, 5.41) is 42.1. The maximum Gasteiger partial charge on any atom is 0.488 e. The molecule has 2 bridgehead atoms. The fourth-order valence-corrected chi connectivity index (χ4v) is 7.53. The first kappa shape index (κ1) is 28.8. The van der Waals surface area contributed by atoms with Crippen molar-refractivity contribution in [2.75, 3.05) is 13.1 Å². The van der Waals surface area contributed by atoms with Gasteiger partial charge in [-0.2, -0.15) is 4.57 Å². The predicted molar refractivity (Wildman–Crippen MR) is 165 cm³/mol. The summed E-state index contributed by atoms with van der Waals surface area (Å²) in [5.74, 6) is 1.01. The number of nitrogens with zero attached hydrogens (tertiary/aromatic N) is 2. The Hall–Kier alpha value is -3.33. The van der Waals surface area contributed by atoms with Crippen LogP contribution in [0.3, 0.4) is 0 Å². The van der Waals surface area contributed by atoms with Crippen LogP contribution in [0.1, 0.15) is 46.8 Å². The minimum absolute atomic E-state index is 0.0599. The van der Waals surface area contributed by atoms with Crippen molar-refractivity contribution in [3.05, 3.63) is 119 Å². The van der Waals surface area contributed by atoms with Gasteiger partial charge in [-0.25, -0.2) is 0 Å². The van der Waals surface area contributed by atoms with Crippen molar-refractivity contribution >= 4 is 23.5 Å². The van der Waals surface area contributed by atoms with Crippen LogP contribution in [0.25, 0.3) is 10.9 Å². The lowest BCUT2D eigenvalue weighted by molar-refractivity contribution is -0.984. The Morgan fingerprint density at radius 2 is 1.71 bits per heavy atom. The molecule has 7 rings (SSSR count). The Morgan fingerprint density at radius 1 is 1.00 bits per heavy atom. The number of quaternary nitrogens is 1. The molecule has 3 saturated heterocycles. The van der Waals surface area contributed by atoms with Gasteiger partial charge in [-0.15, -0.1) is 6.58 Å². The van der Waals surface area contributed by atoms with Crippen LogP contribution in [0, 0.1) is 18.8 Å². The highest BCUT2D eigenvalue weighted by Crippen LogP contribution is 2.48. The number of fused-ring (bicyclic) bond motifs is 4. The standard InChI is InChI=1S/C35H41BN2O4/c1-3-28-22-38(21-26-6-4-24(2)5-7-26)17-15-29(28)19-34(38)35(40)32-14-16-37(33-18-27(23-39)10-13-31(32)33)20-25-8-11-30(12-9-25)36(41)42/h3-14,16,18,28-29,34-35,39-42H,1,15,17,19-23H2,2H3/q+2. The van der Waals surface area contributed by atoms with Crippen LogP contribution in [0.4, 0.5) is 0 Å². The van der Waals surface area contributed by atoms with Crippen LogP contribution in [0.15, 0.2) is 91.6 Å². The molecule has 5 atom stereocenters. The molecule has 5 unspecified atom stereocenters. The summed E-state index contributed by atoms with van der Waals surface area (Å²) in [6, 6.07) is 24.2. The third-order valence-electron chi connectivity index (χ3n) is 9.91. The zero-order valence-electron chi connectivity index (χ0n) is 24.3. The first-order valence-electron chi connectivity index (χ1n) is 15.0. The number of piperidine rings is 3. The molecule has 42 heavy (non-hydrogen) atoms. The van der Waals surface area contributed by atoms with E-state index < -0.39 is 13.2 Å². The van der Waals surface area contributed by atoms with Crippen molar-refractivity contribution < 1.29 is 29.3 Å². The van der Waals surface area contributed by atoms with Crippen molar-refractivity contribution in [3.8, 4) is 0 Å². The molecule has 0 saturated carbocycles. The molecule has 0 spiro atoms. The highest BCUT2D eigenvalue weighted by atomic mass is 16.4. The number of benzene rings is 3. The summed E-state index contributed by atoms with van der Waals surface area (Å²) in [6.07, 6.45) is 5.67. The van der Waals surface area contributed by atoms with Crippen LogP contribution in [0.5, 0.6) is 0 Å². The van der Waals surface area contributed by atoms with Gasteiger partial charge in [0.05, 0.1) is 25.1 Å². The fraction of sp³-hybridized carbons (Fsp3) is 0.343. The Balaban J connectivity index is 1.38. The molecule has 6 nitrogen and oxygen atoms in total. The lowest BCUT2D eigenvalue weighted by Crippen LogP contribution is -2.67. The van der Waals surface area contributed by atoms with Crippen molar-refractivity contribution in [1.82, 2.24) is 0 Å². The zero-order chi connectivity index (χ0) is 29.4. The first-order chi connectivity index (χ1) is 20.3. The summed E-state index contributed by atoms with van der Waals surface area (Å²) in [7, 11) is -1.50. The Labute approximate surface area is 248 Å². The third kappa shape index (κ3) is 5.43. The van der Waals surface area contributed by atoms with E-state index in [1.54, 1.807) is 12.1 Å². The number of aryl methyl sites for hydroxylation is 1. The number of hydrogen-bond acceptors (Lipinski definition) is 4. The Kier molecular flexibility index (Phi) is 8.05. The minimum Gasteiger partial charge on any atom is -0.423 e. The van der Waals surface area contributed by atoms with Crippen LogP contribution in [-0.2, 0) is 19.7 Å². The molecule has 0 aliphatic carbocycles. The normalized spacial score (nSPS) is 24.1. The average Bonchev–Trinajstić information content (AvgIpc) is 3.02. The van der Waals surface area contributed by atoms with Gasteiger partial charge < -0.3 is 24.7 Å². The van der Waals surface area contributed by atoms with Gasteiger partial charge in [0.25, 0.3) is 0 Å². The maximum absolute atomic E-state index is 12.3. The van der Waals surface area contributed by atoms with E-state index in [0.717, 1.165) is 64.6 Å². The minimum atomic E-state index is -1.50. The van der Waals surface area contributed by atoms with E-state index in [4.69, 9.17) is 0 Å². The van der Waals surface area contributed by atoms with Gasteiger partial charge in [0.1, 0.15) is 18.7 Å². The monoisotopic (exact) mass is 564 g/mol. The van der Waals surface area contributed by atoms with E-state index in [-0.39, 0.29) is 12.6 Å². The number of rotatable bonds is 9. The SMILES string of the molecule is C=CC1C[N+]2(Cc3ccc(C)cc3)CCC1CC2C(O)c1cc[n+](Cc2ccc(B(O)O)cc2)c2cc(CO)ccc12. The summed E-state index contributed by atoms with van der Waals surface area (Å²) in [5.41, 5.74) is 6.73. The van der Waals surface area contributed by atoms with Crippen molar-refractivity contribution in [2.45, 2.75) is 51.6 Å². The molecule has 4 N–H and O–H groups in total. The molecule has 3 aliphatic heterocycles. The number of pyridine rings is 1. The van der Waals surface area contributed by atoms with Gasteiger partial charge >= 0.3 is 7.12 Å². The second-order valence-electron chi connectivity index (χ2n) is 12.5. The molecule has 4 aromatic rings. The molecule has 3 fully saturated rings. The molecule has 3 aliphatic rings. The topological polar surface area (TPSA) is 84.8 Å². The number of hydrogen-bond donors (Lipinski definition) is 4. The van der Waals surface area contributed by atoms with Crippen LogP contribution < -0.4 is 10.0 Å². The second kappa shape index (κ2) is 11.7. The van der Waals surface area contributed by atoms with E-state index in [9.17, 15) is 20.3 Å². The lowest BCUT2D eigenvalue weighted by Gasteiger charge is -2.58. The van der Waals surface area contributed by atoms with Gasteiger partial charge in [0, 0.05) is 47.6 Å². The van der Waals surface area contributed by atoms with Crippen LogP contribution in [0.2, 0.25) is 0 Å². The molecule has 1 aromatic heterocycles. The van der Waals surface area contributed by atoms with Crippen molar-refractivity contribution in [2.24, 2.45) is 11.8 Å². The van der Waals surface area contributed by atoms with Gasteiger partial charge in [-0.05, 0) is 29.9 Å². The molecule has 0 amide bonds. The summed E-state index contributed by atoms with van der Waals surface area (Å²) in [4.78, 5) is 0.